The molecule has 124 valence electrons. The Balaban J connectivity index is 1.24. The van der Waals surface area contributed by atoms with Gasteiger partial charge >= 0.3 is 0 Å². The van der Waals surface area contributed by atoms with E-state index in [4.69, 9.17) is 0 Å². The van der Waals surface area contributed by atoms with E-state index in [2.05, 4.69) is 9.80 Å². The van der Waals surface area contributed by atoms with Crippen LogP contribution in [-0.2, 0) is 0 Å². The van der Waals surface area contributed by atoms with Crippen molar-refractivity contribution in [1.29, 1.82) is 0 Å². The summed E-state index contributed by atoms with van der Waals surface area (Å²) in [6.45, 7) is 5.49. The molecule has 5 aliphatic carbocycles. The van der Waals surface area contributed by atoms with Crippen LogP contribution in [-0.4, -0.2) is 47.6 Å². The van der Waals surface area contributed by atoms with E-state index >= 15 is 0 Å². The van der Waals surface area contributed by atoms with Crippen molar-refractivity contribution in [3.05, 3.63) is 0 Å². The minimum Gasteiger partial charge on any atom is -0.298 e. The van der Waals surface area contributed by atoms with Crippen LogP contribution >= 0.6 is 0 Å². The summed E-state index contributed by atoms with van der Waals surface area (Å²) in [5.74, 6) is 3.30. The summed E-state index contributed by atoms with van der Waals surface area (Å²) in [5, 5.41) is 0. The third-order valence-electron chi connectivity index (χ3n) is 8.08. The largest absolute Gasteiger partial charge is 0.298 e. The minimum absolute atomic E-state index is 0.660. The average molecular weight is 303 g/mol. The van der Waals surface area contributed by atoms with E-state index in [-0.39, 0.29) is 0 Å². The van der Waals surface area contributed by atoms with Crippen LogP contribution in [0.1, 0.15) is 70.6 Å². The van der Waals surface area contributed by atoms with E-state index in [0.29, 0.717) is 5.54 Å². The molecule has 6 fully saturated rings. The summed E-state index contributed by atoms with van der Waals surface area (Å²) >= 11 is 0. The normalized spacial score (nSPS) is 47.2. The maximum absolute atomic E-state index is 2.98. The molecule has 0 aromatic rings. The van der Waals surface area contributed by atoms with Gasteiger partial charge in [-0.3, -0.25) is 9.80 Å². The SMILES string of the molecule is C1CCC(N2CCN(C34CC5CC(CC(C5)C3)C4)CC2)CC1. The molecular weight excluding hydrogens is 268 g/mol. The van der Waals surface area contributed by atoms with Crippen LogP contribution in [0.3, 0.4) is 0 Å². The van der Waals surface area contributed by atoms with Crippen molar-refractivity contribution in [2.24, 2.45) is 17.8 Å². The fourth-order valence-corrected chi connectivity index (χ4v) is 7.46. The van der Waals surface area contributed by atoms with Gasteiger partial charge < -0.3 is 0 Å². The van der Waals surface area contributed by atoms with E-state index in [0.717, 1.165) is 23.8 Å². The lowest BCUT2D eigenvalue weighted by Gasteiger charge is -2.62. The van der Waals surface area contributed by atoms with E-state index in [1.54, 1.807) is 38.5 Å². The number of piperazine rings is 1. The minimum atomic E-state index is 0.660. The van der Waals surface area contributed by atoms with Crippen molar-refractivity contribution in [3.63, 3.8) is 0 Å². The molecular formula is C20H34N2. The fraction of sp³-hybridized carbons (Fsp3) is 1.00. The second kappa shape index (κ2) is 5.48. The van der Waals surface area contributed by atoms with Crippen LogP contribution in [0.15, 0.2) is 0 Å². The Kier molecular flexibility index (Phi) is 3.56. The molecule has 0 N–H and O–H groups in total. The predicted octanol–water partition coefficient (Wildman–Crippen LogP) is 3.91. The Morgan fingerprint density at radius 2 is 1.18 bits per heavy atom. The van der Waals surface area contributed by atoms with Crippen molar-refractivity contribution < 1.29 is 0 Å². The monoisotopic (exact) mass is 302 g/mol. The van der Waals surface area contributed by atoms with E-state index < -0.39 is 0 Å². The molecule has 0 aromatic carbocycles. The van der Waals surface area contributed by atoms with Gasteiger partial charge in [0.2, 0.25) is 0 Å². The molecule has 1 aliphatic heterocycles. The molecule has 5 saturated carbocycles. The fourth-order valence-electron chi connectivity index (χ4n) is 7.46. The number of nitrogens with zero attached hydrogens (tertiary/aromatic N) is 2. The number of rotatable bonds is 2. The Hall–Kier alpha value is -0.0800. The lowest BCUT2D eigenvalue weighted by atomic mass is 9.52. The Morgan fingerprint density at radius 3 is 1.73 bits per heavy atom. The van der Waals surface area contributed by atoms with E-state index in [1.807, 2.05) is 0 Å². The third-order valence-corrected chi connectivity index (χ3v) is 8.08. The van der Waals surface area contributed by atoms with Crippen LogP contribution in [0.5, 0.6) is 0 Å². The highest BCUT2D eigenvalue weighted by Gasteiger charge is 2.53. The summed E-state index contributed by atoms with van der Waals surface area (Å²) in [7, 11) is 0. The van der Waals surface area contributed by atoms with E-state index in [9.17, 15) is 0 Å². The standard InChI is InChI=1S/C20H34N2/c1-2-4-19(5-3-1)21-6-8-22(9-7-21)20-13-16-10-17(14-20)12-18(11-16)15-20/h16-19H,1-15H2. The zero-order chi connectivity index (χ0) is 14.6. The first-order valence-electron chi connectivity index (χ1n) is 10.3. The van der Waals surface area contributed by atoms with Crippen LogP contribution in [0.25, 0.3) is 0 Å². The molecule has 2 heteroatoms. The van der Waals surface area contributed by atoms with Gasteiger partial charge in [0.05, 0.1) is 0 Å². The topological polar surface area (TPSA) is 6.48 Å². The van der Waals surface area contributed by atoms with Gasteiger partial charge in [-0.2, -0.15) is 0 Å². The summed E-state index contributed by atoms with van der Waals surface area (Å²) in [5.41, 5.74) is 0.660. The number of hydrogen-bond acceptors (Lipinski definition) is 2. The summed E-state index contributed by atoms with van der Waals surface area (Å²) in [4.78, 5) is 5.84. The van der Waals surface area contributed by atoms with Gasteiger partial charge in [-0.15, -0.1) is 0 Å². The quantitative estimate of drug-likeness (QED) is 0.763. The molecule has 0 unspecified atom stereocenters. The lowest BCUT2D eigenvalue weighted by molar-refractivity contribution is -0.104. The molecule has 22 heavy (non-hydrogen) atoms. The highest BCUT2D eigenvalue weighted by Crippen LogP contribution is 2.57. The Labute approximate surface area is 136 Å². The van der Waals surface area contributed by atoms with Gasteiger partial charge in [-0.25, -0.2) is 0 Å². The van der Waals surface area contributed by atoms with Crippen molar-refractivity contribution >= 4 is 0 Å². The molecule has 1 saturated heterocycles. The zero-order valence-corrected chi connectivity index (χ0v) is 14.3. The number of hydrogen-bond donors (Lipinski definition) is 0. The Bertz CT molecular complexity index is 369. The van der Waals surface area contributed by atoms with Gasteiger partial charge in [0, 0.05) is 37.8 Å². The molecule has 6 rings (SSSR count). The Morgan fingerprint density at radius 1 is 0.636 bits per heavy atom. The van der Waals surface area contributed by atoms with Gasteiger partial charge in [0.15, 0.2) is 0 Å². The van der Waals surface area contributed by atoms with Crippen LogP contribution in [0, 0.1) is 17.8 Å². The first-order valence-corrected chi connectivity index (χ1v) is 10.3. The predicted molar refractivity (Wildman–Crippen MR) is 90.9 cm³/mol. The summed E-state index contributed by atoms with van der Waals surface area (Å²) < 4.78 is 0. The van der Waals surface area contributed by atoms with Crippen molar-refractivity contribution in [1.82, 2.24) is 9.80 Å². The van der Waals surface area contributed by atoms with Gasteiger partial charge in [0.1, 0.15) is 0 Å². The summed E-state index contributed by atoms with van der Waals surface area (Å²) in [6, 6.07) is 0.937. The summed E-state index contributed by atoms with van der Waals surface area (Å²) in [6.07, 6.45) is 16.9. The molecule has 0 spiro atoms. The first-order chi connectivity index (χ1) is 10.8. The molecule has 0 aromatic heterocycles. The molecule has 0 atom stereocenters. The molecule has 0 radical (unpaired) electrons. The molecule has 6 aliphatic rings. The molecule has 0 amide bonds. The van der Waals surface area contributed by atoms with Crippen molar-refractivity contribution in [2.75, 3.05) is 26.2 Å². The maximum Gasteiger partial charge on any atom is 0.0218 e. The van der Waals surface area contributed by atoms with Gasteiger partial charge in [-0.1, -0.05) is 19.3 Å². The van der Waals surface area contributed by atoms with Crippen molar-refractivity contribution in [3.8, 4) is 0 Å². The molecule has 2 nitrogen and oxygen atoms in total. The first kappa shape index (κ1) is 14.3. The second-order valence-corrected chi connectivity index (χ2v) is 9.46. The highest BCUT2D eigenvalue weighted by molar-refractivity contribution is 5.08. The second-order valence-electron chi connectivity index (χ2n) is 9.46. The van der Waals surface area contributed by atoms with E-state index in [1.165, 1.54) is 58.3 Å². The lowest BCUT2D eigenvalue weighted by Crippen LogP contribution is -2.64. The van der Waals surface area contributed by atoms with Crippen LogP contribution in [0.4, 0.5) is 0 Å². The van der Waals surface area contributed by atoms with Crippen molar-refractivity contribution in [2.45, 2.75) is 82.2 Å². The zero-order valence-electron chi connectivity index (χ0n) is 14.3. The maximum atomic E-state index is 2.98. The molecule has 4 bridgehead atoms. The molecule has 1 heterocycles. The highest BCUT2D eigenvalue weighted by atomic mass is 15.3. The van der Waals surface area contributed by atoms with Crippen LogP contribution < -0.4 is 0 Å². The van der Waals surface area contributed by atoms with Gasteiger partial charge in [0.25, 0.3) is 0 Å². The van der Waals surface area contributed by atoms with Gasteiger partial charge in [-0.05, 0) is 69.1 Å². The smallest absolute Gasteiger partial charge is 0.0218 e. The van der Waals surface area contributed by atoms with Crippen LogP contribution in [0.2, 0.25) is 0 Å². The third kappa shape index (κ3) is 2.36. The average Bonchev–Trinajstić information content (AvgIpc) is 2.55.